The molecule has 9 rings (SSSR count). The van der Waals surface area contributed by atoms with Crippen LogP contribution in [0.3, 0.4) is 0 Å². The summed E-state index contributed by atoms with van der Waals surface area (Å²) < 4.78 is 6.18. The van der Waals surface area contributed by atoms with Gasteiger partial charge in [0.1, 0.15) is 11.2 Å². The molecule has 2 unspecified atom stereocenters. The van der Waals surface area contributed by atoms with E-state index in [2.05, 4.69) is 140 Å². The van der Waals surface area contributed by atoms with Crippen molar-refractivity contribution in [2.24, 2.45) is 5.92 Å². The Labute approximate surface area is 238 Å². The lowest BCUT2D eigenvalue weighted by Crippen LogP contribution is -2.23. The number of benzene rings is 6. The SMILES string of the molecule is C1=CC2=C(c3ccc4oc5ccccc5c4c3)c3ccccc3C(c3cc4ccccc4c4ccccc34)C2C=C1. The Hall–Kier alpha value is -5.14. The molecular weight excluding hydrogens is 496 g/mol. The number of hydrogen-bond acceptors (Lipinski definition) is 1. The molecule has 1 heteroatoms. The average molecular weight is 523 g/mol. The van der Waals surface area contributed by atoms with Gasteiger partial charge in [0.2, 0.25) is 0 Å². The predicted octanol–water partition coefficient (Wildman–Crippen LogP) is 10.6. The van der Waals surface area contributed by atoms with Gasteiger partial charge in [-0.05, 0) is 79.2 Å². The maximum atomic E-state index is 6.18. The van der Waals surface area contributed by atoms with Gasteiger partial charge in [-0.2, -0.15) is 0 Å². The van der Waals surface area contributed by atoms with Crippen molar-refractivity contribution >= 4 is 49.1 Å². The Morgan fingerprint density at radius 2 is 1.24 bits per heavy atom. The zero-order valence-corrected chi connectivity index (χ0v) is 22.4. The van der Waals surface area contributed by atoms with Gasteiger partial charge in [-0.3, -0.25) is 0 Å². The molecule has 2 atom stereocenters. The van der Waals surface area contributed by atoms with Crippen molar-refractivity contribution in [3.05, 3.63) is 173 Å². The van der Waals surface area contributed by atoms with Crippen molar-refractivity contribution in [1.82, 2.24) is 0 Å². The molecule has 0 aliphatic heterocycles. The summed E-state index contributed by atoms with van der Waals surface area (Å²) in [6, 6.07) is 44.2. The Morgan fingerprint density at radius 3 is 2.17 bits per heavy atom. The maximum absolute atomic E-state index is 6.18. The van der Waals surface area contributed by atoms with E-state index in [0.717, 1.165) is 16.6 Å². The van der Waals surface area contributed by atoms with Crippen LogP contribution in [-0.4, -0.2) is 0 Å². The molecule has 2 aliphatic rings. The van der Waals surface area contributed by atoms with Crippen molar-refractivity contribution < 1.29 is 4.42 Å². The summed E-state index contributed by atoms with van der Waals surface area (Å²) in [5, 5.41) is 7.59. The highest BCUT2D eigenvalue weighted by Crippen LogP contribution is 2.52. The van der Waals surface area contributed by atoms with E-state index in [-0.39, 0.29) is 11.8 Å². The van der Waals surface area contributed by atoms with E-state index in [1.807, 2.05) is 6.07 Å². The summed E-state index contributed by atoms with van der Waals surface area (Å²) in [5.74, 6) is 0.436. The van der Waals surface area contributed by atoms with Crippen LogP contribution in [0.5, 0.6) is 0 Å². The molecule has 0 saturated heterocycles. The molecule has 0 bridgehead atoms. The van der Waals surface area contributed by atoms with Crippen molar-refractivity contribution in [3.8, 4) is 0 Å². The minimum atomic E-state index is 0.208. The molecule has 192 valence electrons. The molecule has 1 aromatic heterocycles. The van der Waals surface area contributed by atoms with E-state index in [1.165, 1.54) is 60.3 Å². The van der Waals surface area contributed by atoms with Crippen LogP contribution in [0.25, 0.3) is 49.1 Å². The molecule has 0 N–H and O–H groups in total. The highest BCUT2D eigenvalue weighted by Gasteiger charge is 2.36. The standard InChI is InChI=1S/C40H26O/c1-2-12-27-25(11-1)23-36(29-14-4-3-13-28(27)29)40-33-18-7-5-16-31(33)39(32-17-6-8-19-34(32)40)26-21-22-38-35(24-26)30-15-9-10-20-37(30)41-38/h1-24,33,40H. The molecule has 2 aliphatic carbocycles. The van der Waals surface area contributed by atoms with Crippen LogP contribution in [0.15, 0.2) is 156 Å². The first-order valence-corrected chi connectivity index (χ1v) is 14.4. The maximum Gasteiger partial charge on any atom is 0.135 e. The van der Waals surface area contributed by atoms with Gasteiger partial charge in [-0.15, -0.1) is 0 Å². The van der Waals surface area contributed by atoms with Gasteiger partial charge in [0.05, 0.1) is 0 Å². The Kier molecular flexibility index (Phi) is 4.80. The molecule has 41 heavy (non-hydrogen) atoms. The van der Waals surface area contributed by atoms with Gasteiger partial charge in [-0.25, -0.2) is 0 Å². The Balaban J connectivity index is 1.33. The van der Waals surface area contributed by atoms with Crippen LogP contribution in [0.2, 0.25) is 0 Å². The van der Waals surface area contributed by atoms with Gasteiger partial charge < -0.3 is 4.42 Å². The zero-order valence-electron chi connectivity index (χ0n) is 22.4. The van der Waals surface area contributed by atoms with Gasteiger partial charge in [0.25, 0.3) is 0 Å². The third-order valence-corrected chi connectivity index (χ3v) is 9.08. The number of rotatable bonds is 2. The van der Waals surface area contributed by atoms with Crippen LogP contribution < -0.4 is 0 Å². The van der Waals surface area contributed by atoms with Crippen molar-refractivity contribution in [2.45, 2.75) is 5.92 Å². The first kappa shape index (κ1) is 22.7. The normalized spacial score (nSPS) is 18.0. The van der Waals surface area contributed by atoms with E-state index in [0.29, 0.717) is 0 Å². The zero-order chi connectivity index (χ0) is 26.9. The third kappa shape index (κ3) is 3.30. The lowest BCUT2D eigenvalue weighted by atomic mass is 9.66. The van der Waals surface area contributed by atoms with Gasteiger partial charge >= 0.3 is 0 Å². The lowest BCUT2D eigenvalue weighted by Gasteiger charge is -2.37. The van der Waals surface area contributed by atoms with Crippen LogP contribution in [-0.2, 0) is 0 Å². The van der Waals surface area contributed by atoms with E-state index in [1.54, 1.807) is 0 Å². The van der Waals surface area contributed by atoms with E-state index in [4.69, 9.17) is 4.42 Å². The predicted molar refractivity (Wildman–Crippen MR) is 171 cm³/mol. The number of fused-ring (bicyclic) bond motifs is 8. The summed E-state index contributed by atoms with van der Waals surface area (Å²) in [5.41, 5.74) is 9.88. The monoisotopic (exact) mass is 522 g/mol. The Bertz CT molecular complexity index is 2270. The second-order valence-corrected chi connectivity index (χ2v) is 11.2. The van der Waals surface area contributed by atoms with Crippen LogP contribution >= 0.6 is 0 Å². The summed E-state index contributed by atoms with van der Waals surface area (Å²) in [7, 11) is 0. The minimum Gasteiger partial charge on any atom is -0.456 e. The first-order valence-electron chi connectivity index (χ1n) is 14.4. The molecule has 6 aromatic carbocycles. The van der Waals surface area contributed by atoms with Crippen LogP contribution in [0, 0.1) is 5.92 Å². The van der Waals surface area contributed by atoms with Crippen molar-refractivity contribution in [3.63, 3.8) is 0 Å². The summed E-state index contributed by atoms with van der Waals surface area (Å²) in [6.45, 7) is 0. The van der Waals surface area contributed by atoms with Crippen LogP contribution in [0.4, 0.5) is 0 Å². The fraction of sp³-hybridized carbons (Fsp3) is 0.0500. The molecule has 7 aromatic rings. The summed E-state index contributed by atoms with van der Waals surface area (Å²) >= 11 is 0. The second kappa shape index (κ2) is 8.68. The number of para-hydroxylation sites is 1. The molecule has 0 amide bonds. The lowest BCUT2D eigenvalue weighted by molar-refractivity contribution is 0.653. The average Bonchev–Trinajstić information content (AvgIpc) is 3.41. The highest BCUT2D eigenvalue weighted by atomic mass is 16.3. The topological polar surface area (TPSA) is 13.1 Å². The van der Waals surface area contributed by atoms with Crippen molar-refractivity contribution in [2.75, 3.05) is 0 Å². The van der Waals surface area contributed by atoms with E-state index >= 15 is 0 Å². The highest BCUT2D eigenvalue weighted by molar-refractivity contribution is 6.10. The van der Waals surface area contributed by atoms with E-state index < -0.39 is 0 Å². The van der Waals surface area contributed by atoms with Crippen molar-refractivity contribution in [1.29, 1.82) is 0 Å². The summed E-state index contributed by atoms with van der Waals surface area (Å²) in [6.07, 6.45) is 9.17. The smallest absolute Gasteiger partial charge is 0.135 e. The van der Waals surface area contributed by atoms with Gasteiger partial charge in [-0.1, -0.05) is 121 Å². The Morgan fingerprint density at radius 1 is 0.512 bits per heavy atom. The molecule has 1 heterocycles. The molecule has 0 saturated carbocycles. The van der Waals surface area contributed by atoms with Gasteiger partial charge in [0.15, 0.2) is 0 Å². The molecule has 0 radical (unpaired) electrons. The quantitative estimate of drug-likeness (QED) is 0.206. The number of allylic oxidation sites excluding steroid dienone is 5. The van der Waals surface area contributed by atoms with Gasteiger partial charge in [0, 0.05) is 22.6 Å². The molecule has 0 fully saturated rings. The molecule has 1 nitrogen and oxygen atoms in total. The fourth-order valence-corrected chi connectivity index (χ4v) is 7.35. The third-order valence-electron chi connectivity index (χ3n) is 9.08. The molecule has 0 spiro atoms. The summed E-state index contributed by atoms with van der Waals surface area (Å²) in [4.78, 5) is 0. The van der Waals surface area contributed by atoms with E-state index in [9.17, 15) is 0 Å². The minimum absolute atomic E-state index is 0.208. The second-order valence-electron chi connectivity index (χ2n) is 11.2. The number of furan rings is 1. The fourth-order valence-electron chi connectivity index (χ4n) is 7.35. The largest absolute Gasteiger partial charge is 0.456 e. The first-order chi connectivity index (χ1) is 20.3. The molecular formula is C40H26O. The number of hydrogen-bond donors (Lipinski definition) is 0. The van der Waals surface area contributed by atoms with Crippen LogP contribution in [0.1, 0.15) is 28.2 Å².